The molecular formula is C29H43N. The summed E-state index contributed by atoms with van der Waals surface area (Å²) in [5.41, 5.74) is 7.76. The third-order valence-electron chi connectivity index (χ3n) is 5.54. The Labute approximate surface area is 186 Å². The Morgan fingerprint density at radius 1 is 1.03 bits per heavy atom. The van der Waals surface area contributed by atoms with Crippen LogP contribution in [0.25, 0.3) is 5.57 Å². The summed E-state index contributed by atoms with van der Waals surface area (Å²) >= 11 is 0. The quantitative estimate of drug-likeness (QED) is 0.423. The summed E-state index contributed by atoms with van der Waals surface area (Å²) in [6, 6.07) is 15.2. The van der Waals surface area contributed by atoms with Gasteiger partial charge >= 0.3 is 0 Å². The average molecular weight is 406 g/mol. The molecule has 0 spiro atoms. The summed E-state index contributed by atoms with van der Waals surface area (Å²) in [5, 5.41) is 0. The SMILES string of the molecule is C=C(C)/C=C\C(=C(/c1ccccc1)c1ccc(C)n1C)C1CC1C.CC.CCCC. The third kappa shape index (κ3) is 7.20. The fraction of sp³-hybridized carbons (Fsp3) is 0.448. The second-order valence-corrected chi connectivity index (χ2v) is 8.11. The molecule has 1 fully saturated rings. The predicted molar refractivity (Wildman–Crippen MR) is 136 cm³/mol. The molecule has 2 unspecified atom stereocenters. The molecule has 3 rings (SSSR count). The zero-order valence-corrected chi connectivity index (χ0v) is 20.6. The molecule has 1 aliphatic rings. The maximum atomic E-state index is 4.04. The van der Waals surface area contributed by atoms with Gasteiger partial charge in [0.05, 0.1) is 0 Å². The van der Waals surface area contributed by atoms with Gasteiger partial charge in [-0.1, -0.05) is 102 Å². The predicted octanol–water partition coefficient (Wildman–Crippen LogP) is 8.76. The topological polar surface area (TPSA) is 4.93 Å². The van der Waals surface area contributed by atoms with Crippen LogP contribution in [-0.4, -0.2) is 4.57 Å². The van der Waals surface area contributed by atoms with Crippen LogP contribution in [0.5, 0.6) is 0 Å². The van der Waals surface area contributed by atoms with Crippen molar-refractivity contribution in [2.45, 2.75) is 67.7 Å². The Morgan fingerprint density at radius 2 is 1.60 bits per heavy atom. The Kier molecular flexibility index (Phi) is 11.3. The lowest BCUT2D eigenvalue weighted by molar-refractivity contribution is 0.852. The number of hydrogen-bond donors (Lipinski definition) is 0. The molecule has 1 nitrogen and oxygen atoms in total. The van der Waals surface area contributed by atoms with Gasteiger partial charge in [0.15, 0.2) is 0 Å². The van der Waals surface area contributed by atoms with E-state index in [1.807, 2.05) is 13.8 Å². The van der Waals surface area contributed by atoms with Crippen LogP contribution in [0.2, 0.25) is 0 Å². The maximum absolute atomic E-state index is 4.04. The van der Waals surface area contributed by atoms with Crippen molar-refractivity contribution in [3.05, 3.63) is 89.3 Å². The van der Waals surface area contributed by atoms with Crippen molar-refractivity contribution < 1.29 is 0 Å². The molecule has 30 heavy (non-hydrogen) atoms. The van der Waals surface area contributed by atoms with Gasteiger partial charge in [0.25, 0.3) is 0 Å². The highest BCUT2D eigenvalue weighted by molar-refractivity contribution is 5.83. The Morgan fingerprint density at radius 3 is 2.00 bits per heavy atom. The smallest absolute Gasteiger partial charge is 0.0488 e. The van der Waals surface area contributed by atoms with E-state index in [0.717, 1.165) is 11.5 Å². The van der Waals surface area contributed by atoms with Gasteiger partial charge in [-0.3, -0.25) is 0 Å². The van der Waals surface area contributed by atoms with Crippen LogP contribution in [0, 0.1) is 18.8 Å². The van der Waals surface area contributed by atoms with E-state index in [1.165, 1.54) is 47.4 Å². The molecule has 1 heterocycles. The second-order valence-electron chi connectivity index (χ2n) is 8.11. The van der Waals surface area contributed by atoms with Crippen molar-refractivity contribution in [1.82, 2.24) is 4.57 Å². The number of aromatic nitrogens is 1. The number of allylic oxidation sites excluding steroid dienone is 4. The number of hydrogen-bond acceptors (Lipinski definition) is 0. The van der Waals surface area contributed by atoms with Gasteiger partial charge in [0.2, 0.25) is 0 Å². The third-order valence-corrected chi connectivity index (χ3v) is 5.54. The summed E-state index contributed by atoms with van der Waals surface area (Å²) in [5.74, 6) is 1.40. The van der Waals surface area contributed by atoms with Gasteiger partial charge < -0.3 is 4.57 Å². The minimum Gasteiger partial charge on any atom is -0.348 e. The molecule has 1 saturated carbocycles. The summed E-state index contributed by atoms with van der Waals surface area (Å²) in [7, 11) is 2.16. The molecular weight excluding hydrogens is 362 g/mol. The van der Waals surface area contributed by atoms with E-state index < -0.39 is 0 Å². The lowest BCUT2D eigenvalue weighted by Crippen LogP contribution is -2.03. The molecule has 164 valence electrons. The lowest BCUT2D eigenvalue weighted by atomic mass is 9.92. The van der Waals surface area contributed by atoms with Crippen molar-refractivity contribution in [2.75, 3.05) is 0 Å². The summed E-state index contributed by atoms with van der Waals surface area (Å²) in [6.45, 7) is 19.0. The second kappa shape index (κ2) is 13.1. The van der Waals surface area contributed by atoms with E-state index >= 15 is 0 Å². The average Bonchev–Trinajstić information content (AvgIpc) is 3.40. The van der Waals surface area contributed by atoms with Crippen molar-refractivity contribution >= 4 is 5.57 Å². The monoisotopic (exact) mass is 405 g/mol. The molecule has 0 aliphatic heterocycles. The molecule has 0 bridgehead atoms. The summed E-state index contributed by atoms with van der Waals surface area (Å²) < 4.78 is 2.30. The van der Waals surface area contributed by atoms with Gasteiger partial charge in [-0.25, -0.2) is 0 Å². The zero-order chi connectivity index (χ0) is 22.7. The van der Waals surface area contributed by atoms with Gasteiger partial charge in [0.1, 0.15) is 0 Å². The highest BCUT2D eigenvalue weighted by Crippen LogP contribution is 2.48. The first kappa shape index (κ1) is 25.8. The van der Waals surface area contributed by atoms with Gasteiger partial charge in [-0.2, -0.15) is 0 Å². The molecule has 2 aromatic rings. The molecule has 0 radical (unpaired) electrons. The van der Waals surface area contributed by atoms with Crippen LogP contribution >= 0.6 is 0 Å². The van der Waals surface area contributed by atoms with E-state index in [9.17, 15) is 0 Å². The van der Waals surface area contributed by atoms with Crippen LogP contribution < -0.4 is 0 Å². The normalized spacial score (nSPS) is 18.0. The molecule has 0 saturated heterocycles. The molecule has 2 atom stereocenters. The molecule has 0 amide bonds. The number of unbranched alkanes of at least 4 members (excludes halogenated alkanes) is 1. The van der Waals surface area contributed by atoms with Crippen LogP contribution in [0.1, 0.15) is 77.8 Å². The first-order chi connectivity index (χ1) is 14.4. The van der Waals surface area contributed by atoms with Crippen molar-refractivity contribution in [1.29, 1.82) is 0 Å². The van der Waals surface area contributed by atoms with E-state index in [0.29, 0.717) is 5.92 Å². The van der Waals surface area contributed by atoms with Crippen molar-refractivity contribution in [3.63, 3.8) is 0 Å². The summed E-state index contributed by atoms with van der Waals surface area (Å²) in [6.07, 6.45) is 8.36. The van der Waals surface area contributed by atoms with E-state index in [2.05, 4.69) is 107 Å². The first-order valence-electron chi connectivity index (χ1n) is 11.7. The van der Waals surface area contributed by atoms with Gasteiger partial charge in [0, 0.05) is 24.0 Å². The minimum absolute atomic E-state index is 0.644. The number of nitrogens with zero attached hydrogens (tertiary/aromatic N) is 1. The van der Waals surface area contributed by atoms with E-state index in [4.69, 9.17) is 0 Å². The zero-order valence-electron chi connectivity index (χ0n) is 20.6. The fourth-order valence-corrected chi connectivity index (χ4v) is 3.31. The molecule has 1 aromatic heterocycles. The number of aryl methyl sites for hydroxylation is 1. The van der Waals surface area contributed by atoms with Crippen LogP contribution in [0.15, 0.2) is 72.3 Å². The highest BCUT2D eigenvalue weighted by atomic mass is 14.9. The van der Waals surface area contributed by atoms with Crippen LogP contribution in [0.4, 0.5) is 0 Å². The number of benzene rings is 1. The maximum Gasteiger partial charge on any atom is 0.0488 e. The Balaban J connectivity index is 0.000000673. The lowest BCUT2D eigenvalue weighted by Gasteiger charge is -2.16. The minimum atomic E-state index is 0.644. The highest BCUT2D eigenvalue weighted by Gasteiger charge is 2.37. The van der Waals surface area contributed by atoms with E-state index in [1.54, 1.807) is 0 Å². The molecule has 1 aromatic carbocycles. The van der Waals surface area contributed by atoms with Gasteiger partial charge in [-0.05, 0) is 55.4 Å². The van der Waals surface area contributed by atoms with Crippen molar-refractivity contribution in [2.24, 2.45) is 18.9 Å². The van der Waals surface area contributed by atoms with Crippen molar-refractivity contribution in [3.8, 4) is 0 Å². The van der Waals surface area contributed by atoms with E-state index in [-0.39, 0.29) is 0 Å². The fourth-order valence-electron chi connectivity index (χ4n) is 3.31. The van der Waals surface area contributed by atoms with Crippen LogP contribution in [-0.2, 0) is 7.05 Å². The standard InChI is InChI=1S/C23H27N.C4H10.C2H6/c1-16(2)11-13-20(21-15-17(21)3)23(19-9-7-6-8-10-19)22-14-12-18(4)24(22)5;1-3-4-2;1-2/h6-14,17,21H,1,15H2,2-5H3;3-4H2,1-2H3;1-2H3/b13-11-,23-20-;;. The number of rotatable bonds is 6. The van der Waals surface area contributed by atoms with Gasteiger partial charge in [-0.15, -0.1) is 0 Å². The molecule has 1 heteroatoms. The Hall–Kier alpha value is -2.28. The molecule has 0 N–H and O–H groups in total. The largest absolute Gasteiger partial charge is 0.348 e. The van der Waals surface area contributed by atoms with Crippen LogP contribution in [0.3, 0.4) is 0 Å². The molecule has 1 aliphatic carbocycles. The summed E-state index contributed by atoms with van der Waals surface area (Å²) in [4.78, 5) is 0. The first-order valence-corrected chi connectivity index (χ1v) is 11.7. The Bertz CT molecular complexity index is 831.